The first-order valence-corrected chi connectivity index (χ1v) is 9.13. The number of nitrogens with zero attached hydrogens (tertiary/aromatic N) is 1. The Morgan fingerprint density at radius 1 is 1.43 bits per heavy atom. The first kappa shape index (κ1) is 16.3. The molecule has 6 heteroatoms. The fourth-order valence-corrected chi connectivity index (χ4v) is 4.91. The lowest BCUT2D eigenvalue weighted by atomic mass is 9.84. The monoisotopic (exact) mass is 334 g/mol. The Morgan fingerprint density at radius 2 is 2.26 bits per heavy atom. The van der Waals surface area contributed by atoms with E-state index in [2.05, 4.69) is 17.2 Å². The molecule has 5 nitrogen and oxygen atoms in total. The zero-order chi connectivity index (χ0) is 16.4. The van der Waals surface area contributed by atoms with Crippen molar-refractivity contribution in [2.45, 2.75) is 43.7 Å². The first-order chi connectivity index (χ1) is 11.0. The van der Waals surface area contributed by atoms with Gasteiger partial charge in [0, 0.05) is 12.2 Å². The lowest BCUT2D eigenvalue weighted by molar-refractivity contribution is -0.119. The zero-order valence-electron chi connectivity index (χ0n) is 13.2. The summed E-state index contributed by atoms with van der Waals surface area (Å²) in [6.45, 7) is 2.09. The molecule has 0 aromatic carbocycles. The van der Waals surface area contributed by atoms with Gasteiger partial charge in [0.2, 0.25) is 5.91 Å². The number of aromatic carboxylic acids is 1. The number of hydrogen-bond acceptors (Lipinski definition) is 4. The second kappa shape index (κ2) is 6.91. The summed E-state index contributed by atoms with van der Waals surface area (Å²) in [6.07, 6.45) is 6.78. The number of carbonyl (C=O) groups is 2. The number of hydrogen-bond donors (Lipinski definition) is 2. The summed E-state index contributed by atoms with van der Waals surface area (Å²) in [5.74, 6) is 1.38. The predicted molar refractivity (Wildman–Crippen MR) is 88.5 cm³/mol. The molecule has 2 N–H and O–H groups in total. The average molecular weight is 334 g/mol. The molecule has 2 bridgehead atoms. The smallest absolute Gasteiger partial charge is 0.338 e. The molecule has 1 heterocycles. The molecule has 124 valence electrons. The van der Waals surface area contributed by atoms with Gasteiger partial charge in [-0.05, 0) is 56.1 Å². The van der Waals surface area contributed by atoms with E-state index in [0.29, 0.717) is 10.9 Å². The summed E-state index contributed by atoms with van der Waals surface area (Å²) in [4.78, 5) is 27.4. The molecule has 0 aliphatic heterocycles. The number of fused-ring (bicyclic) bond motifs is 2. The molecule has 1 amide bonds. The topological polar surface area (TPSA) is 79.3 Å². The van der Waals surface area contributed by atoms with Gasteiger partial charge < -0.3 is 10.4 Å². The molecule has 2 aliphatic rings. The normalized spacial score (nSPS) is 26.9. The number of carboxylic acids is 1. The van der Waals surface area contributed by atoms with E-state index in [1.807, 2.05) is 0 Å². The van der Waals surface area contributed by atoms with Crippen molar-refractivity contribution in [3.05, 3.63) is 23.9 Å². The van der Waals surface area contributed by atoms with Crippen LogP contribution in [0, 0.1) is 17.8 Å². The quantitative estimate of drug-likeness (QED) is 0.782. The Morgan fingerprint density at radius 3 is 2.91 bits per heavy atom. The predicted octanol–water partition coefficient (Wildman–Crippen LogP) is 2.81. The van der Waals surface area contributed by atoms with Crippen LogP contribution in [-0.4, -0.2) is 33.8 Å². The SMILES string of the molecule is C[C@H](NC(=O)CSc1ncccc1C(=O)O)[C@@H]1C[C@H]2CC[C@@H]1C2. The number of nitrogens with one attached hydrogen (secondary N) is 1. The summed E-state index contributed by atoms with van der Waals surface area (Å²) in [5.41, 5.74) is 0.145. The number of carboxylic acid groups (broad SMARTS) is 1. The maximum atomic E-state index is 12.2. The molecule has 0 spiro atoms. The van der Waals surface area contributed by atoms with E-state index >= 15 is 0 Å². The third-order valence-corrected chi connectivity index (χ3v) is 6.17. The fraction of sp³-hybridized carbons (Fsp3) is 0.588. The van der Waals surface area contributed by atoms with Crippen molar-refractivity contribution < 1.29 is 14.7 Å². The van der Waals surface area contributed by atoms with Crippen LogP contribution in [0.2, 0.25) is 0 Å². The molecule has 2 saturated carbocycles. The minimum Gasteiger partial charge on any atom is -0.478 e. The van der Waals surface area contributed by atoms with E-state index in [1.165, 1.54) is 43.5 Å². The maximum Gasteiger partial charge on any atom is 0.338 e. The lowest BCUT2D eigenvalue weighted by Gasteiger charge is -2.28. The Hall–Kier alpha value is -1.56. The number of rotatable bonds is 6. The summed E-state index contributed by atoms with van der Waals surface area (Å²) < 4.78 is 0. The van der Waals surface area contributed by atoms with Gasteiger partial charge in [-0.15, -0.1) is 0 Å². The van der Waals surface area contributed by atoms with E-state index in [1.54, 1.807) is 12.3 Å². The van der Waals surface area contributed by atoms with Crippen LogP contribution in [-0.2, 0) is 4.79 Å². The van der Waals surface area contributed by atoms with E-state index in [4.69, 9.17) is 5.11 Å². The summed E-state index contributed by atoms with van der Waals surface area (Å²) in [7, 11) is 0. The summed E-state index contributed by atoms with van der Waals surface area (Å²) in [6, 6.07) is 3.29. The Kier molecular flexibility index (Phi) is 4.90. The van der Waals surface area contributed by atoms with Crippen molar-refractivity contribution in [2.24, 2.45) is 17.8 Å². The molecular formula is C17H22N2O3S. The van der Waals surface area contributed by atoms with Crippen LogP contribution in [0.25, 0.3) is 0 Å². The molecule has 3 rings (SSSR count). The molecule has 2 fully saturated rings. The van der Waals surface area contributed by atoms with Crippen molar-refractivity contribution in [2.75, 3.05) is 5.75 Å². The zero-order valence-corrected chi connectivity index (χ0v) is 14.0. The Labute approximate surface area is 140 Å². The lowest BCUT2D eigenvalue weighted by Crippen LogP contribution is -2.40. The van der Waals surface area contributed by atoms with Crippen LogP contribution >= 0.6 is 11.8 Å². The van der Waals surface area contributed by atoms with E-state index in [-0.39, 0.29) is 23.3 Å². The third-order valence-electron chi connectivity index (χ3n) is 5.17. The molecule has 1 aromatic heterocycles. The van der Waals surface area contributed by atoms with Crippen LogP contribution in [0.3, 0.4) is 0 Å². The van der Waals surface area contributed by atoms with Gasteiger partial charge in [-0.3, -0.25) is 4.79 Å². The highest BCUT2D eigenvalue weighted by atomic mass is 32.2. The largest absolute Gasteiger partial charge is 0.478 e. The van der Waals surface area contributed by atoms with Gasteiger partial charge in [0.15, 0.2) is 0 Å². The van der Waals surface area contributed by atoms with Gasteiger partial charge >= 0.3 is 5.97 Å². The summed E-state index contributed by atoms with van der Waals surface area (Å²) in [5, 5.41) is 12.6. The number of carbonyl (C=O) groups excluding carboxylic acids is 1. The van der Waals surface area contributed by atoms with Crippen molar-refractivity contribution >= 4 is 23.6 Å². The van der Waals surface area contributed by atoms with Crippen molar-refractivity contribution in [3.63, 3.8) is 0 Å². The number of aromatic nitrogens is 1. The van der Waals surface area contributed by atoms with Crippen molar-refractivity contribution in [3.8, 4) is 0 Å². The Balaban J connectivity index is 1.51. The minimum absolute atomic E-state index is 0.0488. The molecule has 23 heavy (non-hydrogen) atoms. The highest BCUT2D eigenvalue weighted by Crippen LogP contribution is 2.49. The summed E-state index contributed by atoms with van der Waals surface area (Å²) >= 11 is 1.18. The van der Waals surface area contributed by atoms with Crippen LogP contribution < -0.4 is 5.32 Å². The standard InChI is InChI=1S/C17H22N2O3S/c1-10(14-8-11-4-5-12(14)7-11)19-15(20)9-23-16-13(17(21)22)3-2-6-18-16/h2-3,6,10-12,14H,4-5,7-9H2,1H3,(H,19,20)(H,21,22)/t10-,11-,12+,14-/m0/s1. The number of pyridine rings is 1. The number of thioether (sulfide) groups is 1. The van der Waals surface area contributed by atoms with Crippen LogP contribution in [0.5, 0.6) is 0 Å². The van der Waals surface area contributed by atoms with Gasteiger partial charge in [0.05, 0.1) is 11.3 Å². The third kappa shape index (κ3) is 3.68. The van der Waals surface area contributed by atoms with Gasteiger partial charge in [0.25, 0.3) is 0 Å². The second-order valence-electron chi connectivity index (χ2n) is 6.64. The van der Waals surface area contributed by atoms with E-state index < -0.39 is 5.97 Å². The molecule has 0 saturated heterocycles. The average Bonchev–Trinajstić information content (AvgIpc) is 3.16. The van der Waals surface area contributed by atoms with Gasteiger partial charge in [-0.1, -0.05) is 18.2 Å². The Bertz CT molecular complexity index is 607. The van der Waals surface area contributed by atoms with Crippen LogP contribution in [0.1, 0.15) is 43.0 Å². The van der Waals surface area contributed by atoms with E-state index in [9.17, 15) is 9.59 Å². The minimum atomic E-state index is -1.02. The highest BCUT2D eigenvalue weighted by molar-refractivity contribution is 8.00. The molecule has 0 radical (unpaired) electrons. The van der Waals surface area contributed by atoms with Gasteiger partial charge in [-0.25, -0.2) is 9.78 Å². The fourth-order valence-electron chi connectivity index (χ4n) is 4.11. The molecule has 1 aromatic rings. The molecule has 4 atom stereocenters. The molecular weight excluding hydrogens is 312 g/mol. The van der Waals surface area contributed by atoms with Gasteiger partial charge in [-0.2, -0.15) is 0 Å². The maximum absolute atomic E-state index is 12.2. The molecule has 2 aliphatic carbocycles. The first-order valence-electron chi connectivity index (χ1n) is 8.15. The highest BCUT2D eigenvalue weighted by Gasteiger charge is 2.42. The van der Waals surface area contributed by atoms with E-state index in [0.717, 1.165) is 11.8 Å². The van der Waals surface area contributed by atoms with Gasteiger partial charge in [0.1, 0.15) is 5.03 Å². The van der Waals surface area contributed by atoms with Crippen molar-refractivity contribution in [1.82, 2.24) is 10.3 Å². The second-order valence-corrected chi connectivity index (χ2v) is 7.61. The molecule has 0 unspecified atom stereocenters. The van der Waals surface area contributed by atoms with Crippen molar-refractivity contribution in [1.29, 1.82) is 0 Å². The van der Waals surface area contributed by atoms with Crippen LogP contribution in [0.4, 0.5) is 0 Å². The van der Waals surface area contributed by atoms with Crippen LogP contribution in [0.15, 0.2) is 23.4 Å². The number of amides is 1.